The first kappa shape index (κ1) is 24.1. The molecule has 2 amide bonds. The number of hydrogen-bond donors (Lipinski definition) is 3. The third kappa shape index (κ3) is 4.99. The van der Waals surface area contributed by atoms with E-state index in [4.69, 9.17) is 10.1 Å². The average Bonchev–Trinajstić information content (AvgIpc) is 3.79. The predicted octanol–water partition coefficient (Wildman–Crippen LogP) is 2.28. The average molecular weight is 506 g/mol. The van der Waals surface area contributed by atoms with E-state index < -0.39 is 5.60 Å². The molecule has 0 bridgehead atoms. The minimum absolute atomic E-state index is 0.0504. The lowest BCUT2D eigenvalue weighted by Gasteiger charge is -2.33. The standard InChI is InChI=1S/C27H35N7O3/c1-3-33-21(10-11-29-33)26(36)31-24(23(16-4-5-16)17-6-7-17)20-14-34-22(30-20)9-8-19(32-34)12-18-13-27(2,37)15-28-25(18)35/h8-11,14,16-18,23-24,37H,3-7,12-13,15H2,1-2H3,(H,28,35)(H,31,36). The molecular weight excluding hydrogens is 470 g/mol. The molecule has 37 heavy (non-hydrogen) atoms. The van der Waals surface area contributed by atoms with Crippen LogP contribution < -0.4 is 10.6 Å². The maximum absolute atomic E-state index is 13.4. The first-order valence-corrected chi connectivity index (χ1v) is 13.5. The summed E-state index contributed by atoms with van der Waals surface area (Å²) in [5.74, 6) is 1.07. The van der Waals surface area contributed by atoms with Crippen LogP contribution in [0.4, 0.5) is 0 Å². The molecule has 10 nitrogen and oxygen atoms in total. The minimum Gasteiger partial charge on any atom is -0.388 e. The van der Waals surface area contributed by atoms with Gasteiger partial charge in [-0.2, -0.15) is 10.2 Å². The van der Waals surface area contributed by atoms with Crippen LogP contribution in [0, 0.1) is 23.7 Å². The number of carbonyl (C=O) groups excluding carboxylic acids is 2. The number of aromatic nitrogens is 5. The Hall–Kier alpha value is -3.27. The van der Waals surface area contributed by atoms with Gasteiger partial charge in [-0.3, -0.25) is 14.3 Å². The van der Waals surface area contributed by atoms with E-state index in [1.54, 1.807) is 28.4 Å². The number of carbonyl (C=O) groups is 2. The maximum atomic E-state index is 13.4. The lowest BCUT2D eigenvalue weighted by atomic mass is 9.85. The molecule has 3 aliphatic rings. The first-order chi connectivity index (χ1) is 17.8. The Morgan fingerprint density at radius 3 is 2.70 bits per heavy atom. The van der Waals surface area contributed by atoms with Crippen molar-refractivity contribution >= 4 is 17.5 Å². The van der Waals surface area contributed by atoms with Gasteiger partial charge in [-0.15, -0.1) is 0 Å². The second-order valence-electron chi connectivity index (χ2n) is 11.3. The Morgan fingerprint density at radius 2 is 2.00 bits per heavy atom. The number of amides is 2. The third-order valence-corrected chi connectivity index (χ3v) is 8.12. The van der Waals surface area contributed by atoms with Crippen LogP contribution in [-0.2, 0) is 17.8 Å². The maximum Gasteiger partial charge on any atom is 0.270 e. The van der Waals surface area contributed by atoms with Crippen molar-refractivity contribution in [2.75, 3.05) is 6.54 Å². The van der Waals surface area contributed by atoms with Crippen LogP contribution in [0.15, 0.2) is 30.6 Å². The van der Waals surface area contributed by atoms with E-state index >= 15 is 0 Å². The first-order valence-electron chi connectivity index (χ1n) is 13.5. The number of piperidine rings is 1. The number of imidazole rings is 1. The van der Waals surface area contributed by atoms with Crippen molar-refractivity contribution in [1.29, 1.82) is 0 Å². The molecule has 3 fully saturated rings. The highest BCUT2D eigenvalue weighted by molar-refractivity contribution is 5.92. The van der Waals surface area contributed by atoms with E-state index in [0.717, 1.165) is 11.4 Å². The molecule has 0 radical (unpaired) electrons. The monoisotopic (exact) mass is 505 g/mol. The molecule has 3 aromatic heterocycles. The molecule has 1 aliphatic heterocycles. The molecule has 196 valence electrons. The summed E-state index contributed by atoms with van der Waals surface area (Å²) in [5.41, 5.74) is 1.94. The number of fused-ring (bicyclic) bond motifs is 1. The van der Waals surface area contributed by atoms with Crippen molar-refractivity contribution < 1.29 is 14.7 Å². The van der Waals surface area contributed by atoms with Gasteiger partial charge in [-0.05, 0) is 81.9 Å². The van der Waals surface area contributed by atoms with Crippen LogP contribution in [0.3, 0.4) is 0 Å². The van der Waals surface area contributed by atoms with Crippen molar-refractivity contribution in [2.24, 2.45) is 23.7 Å². The molecule has 0 spiro atoms. The zero-order valence-electron chi connectivity index (χ0n) is 21.4. The molecule has 3 aromatic rings. The van der Waals surface area contributed by atoms with Crippen molar-refractivity contribution in [2.45, 2.75) is 70.6 Å². The van der Waals surface area contributed by atoms with Gasteiger partial charge in [-0.1, -0.05) is 0 Å². The van der Waals surface area contributed by atoms with Crippen LogP contribution in [0.25, 0.3) is 5.65 Å². The van der Waals surface area contributed by atoms with Crippen molar-refractivity contribution in [3.63, 3.8) is 0 Å². The Morgan fingerprint density at radius 1 is 1.24 bits per heavy atom. The zero-order chi connectivity index (χ0) is 25.7. The number of aliphatic hydroxyl groups is 1. The fourth-order valence-electron chi connectivity index (χ4n) is 5.99. The van der Waals surface area contributed by atoms with Gasteiger partial charge in [0.1, 0.15) is 5.69 Å². The summed E-state index contributed by atoms with van der Waals surface area (Å²) in [6, 6.07) is 5.38. The highest BCUT2D eigenvalue weighted by atomic mass is 16.3. The number of hydrogen-bond acceptors (Lipinski definition) is 6. The van der Waals surface area contributed by atoms with Gasteiger partial charge >= 0.3 is 0 Å². The Kier molecular flexibility index (Phi) is 6.01. The lowest BCUT2D eigenvalue weighted by Crippen LogP contribution is -2.51. The topological polar surface area (TPSA) is 126 Å². The van der Waals surface area contributed by atoms with Gasteiger partial charge in [-0.25, -0.2) is 9.50 Å². The molecule has 0 aromatic carbocycles. The second-order valence-corrected chi connectivity index (χ2v) is 11.3. The normalized spacial score (nSPS) is 24.9. The minimum atomic E-state index is -0.913. The van der Waals surface area contributed by atoms with Gasteiger partial charge in [0.2, 0.25) is 5.91 Å². The predicted molar refractivity (Wildman–Crippen MR) is 135 cm³/mol. The van der Waals surface area contributed by atoms with E-state index in [1.807, 2.05) is 25.3 Å². The molecule has 4 heterocycles. The second kappa shape index (κ2) is 9.24. The quantitative estimate of drug-likeness (QED) is 0.410. The Labute approximate surface area is 215 Å². The number of β-amino-alcohol motifs (C(OH)–C–C–N with tert-alkyl or cyclic N) is 1. The molecule has 6 rings (SSSR count). The number of aryl methyl sites for hydroxylation is 1. The number of nitrogens with zero attached hydrogens (tertiary/aromatic N) is 5. The van der Waals surface area contributed by atoms with E-state index in [1.165, 1.54) is 25.7 Å². The summed E-state index contributed by atoms with van der Waals surface area (Å²) >= 11 is 0. The molecule has 1 saturated heterocycles. The molecule has 3 atom stereocenters. The summed E-state index contributed by atoms with van der Waals surface area (Å²) in [6.07, 6.45) is 9.23. The smallest absolute Gasteiger partial charge is 0.270 e. The van der Waals surface area contributed by atoms with E-state index in [0.29, 0.717) is 48.5 Å². The molecule has 3 unspecified atom stereocenters. The van der Waals surface area contributed by atoms with Crippen LogP contribution in [0.2, 0.25) is 0 Å². The zero-order valence-corrected chi connectivity index (χ0v) is 21.4. The summed E-state index contributed by atoms with van der Waals surface area (Å²) in [6.45, 7) is 4.62. The van der Waals surface area contributed by atoms with Gasteiger partial charge < -0.3 is 15.7 Å². The summed E-state index contributed by atoms with van der Waals surface area (Å²) in [5, 5.41) is 25.6. The number of nitrogens with one attached hydrogen (secondary N) is 2. The molecule has 3 N–H and O–H groups in total. The number of rotatable bonds is 9. The molecule has 2 aliphatic carbocycles. The van der Waals surface area contributed by atoms with Gasteiger partial charge in [0, 0.05) is 31.6 Å². The van der Waals surface area contributed by atoms with Crippen molar-refractivity contribution in [1.82, 2.24) is 35.0 Å². The van der Waals surface area contributed by atoms with Crippen LogP contribution in [0.1, 0.15) is 73.9 Å². The SMILES string of the molecule is CCn1nccc1C(=O)NC(c1cn2nc(CC3CC(C)(O)CNC3=O)ccc2n1)C(C1CC1)C1CC1. The van der Waals surface area contributed by atoms with E-state index in [-0.39, 0.29) is 30.3 Å². The fraction of sp³-hybridized carbons (Fsp3) is 0.593. The van der Waals surface area contributed by atoms with E-state index in [2.05, 4.69) is 15.7 Å². The molecular formula is C27H35N7O3. The largest absolute Gasteiger partial charge is 0.388 e. The van der Waals surface area contributed by atoms with Crippen LogP contribution in [-0.4, -0.2) is 53.4 Å². The van der Waals surface area contributed by atoms with Gasteiger partial charge in [0.15, 0.2) is 5.65 Å². The van der Waals surface area contributed by atoms with Crippen molar-refractivity contribution in [3.05, 3.63) is 47.7 Å². The van der Waals surface area contributed by atoms with Gasteiger partial charge in [0.05, 0.1) is 29.2 Å². The molecule has 10 heteroatoms. The highest BCUT2D eigenvalue weighted by Crippen LogP contribution is 2.54. The summed E-state index contributed by atoms with van der Waals surface area (Å²) in [4.78, 5) is 30.6. The Balaban J connectivity index is 1.28. The van der Waals surface area contributed by atoms with Crippen LogP contribution >= 0.6 is 0 Å². The highest BCUT2D eigenvalue weighted by Gasteiger charge is 2.47. The lowest BCUT2D eigenvalue weighted by molar-refractivity contribution is -0.132. The van der Waals surface area contributed by atoms with Gasteiger partial charge in [0.25, 0.3) is 5.91 Å². The van der Waals surface area contributed by atoms with Crippen LogP contribution in [0.5, 0.6) is 0 Å². The molecule has 2 saturated carbocycles. The van der Waals surface area contributed by atoms with Crippen molar-refractivity contribution in [3.8, 4) is 0 Å². The third-order valence-electron chi connectivity index (χ3n) is 8.12. The fourth-order valence-corrected chi connectivity index (χ4v) is 5.99. The summed E-state index contributed by atoms with van der Waals surface area (Å²) < 4.78 is 3.47. The summed E-state index contributed by atoms with van der Waals surface area (Å²) in [7, 11) is 0. The Bertz CT molecular complexity index is 1310. The van der Waals surface area contributed by atoms with E-state index in [9.17, 15) is 14.7 Å².